The van der Waals surface area contributed by atoms with Gasteiger partial charge in [0.15, 0.2) is 27.1 Å². The molecule has 2 aromatic carbocycles. The van der Waals surface area contributed by atoms with E-state index in [1.54, 1.807) is 45.0 Å². The van der Waals surface area contributed by atoms with Crippen molar-refractivity contribution in [2.45, 2.75) is 50.7 Å². The van der Waals surface area contributed by atoms with Crippen molar-refractivity contribution in [2.24, 2.45) is 0 Å². The molecule has 0 radical (unpaired) electrons. The van der Waals surface area contributed by atoms with Crippen LogP contribution in [-0.2, 0) is 22.0 Å². The Bertz CT molecular complexity index is 969. The third-order valence-electron chi connectivity index (χ3n) is 4.74. The molecule has 5 nitrogen and oxygen atoms in total. The number of rotatable bonds is 5. The van der Waals surface area contributed by atoms with E-state index in [0.29, 0.717) is 29.2 Å². The van der Waals surface area contributed by atoms with Crippen LogP contribution in [0.3, 0.4) is 0 Å². The molecule has 0 aliphatic carbocycles. The summed E-state index contributed by atoms with van der Waals surface area (Å²) in [4.78, 5) is 12.6. The van der Waals surface area contributed by atoms with Crippen molar-refractivity contribution in [1.29, 1.82) is 0 Å². The highest BCUT2D eigenvalue weighted by Gasteiger charge is 2.29. The van der Waals surface area contributed by atoms with Gasteiger partial charge < -0.3 is 9.47 Å². The Morgan fingerprint density at radius 1 is 1.04 bits per heavy atom. The average molecular weight is 403 g/mol. The molecule has 0 bridgehead atoms. The number of hydrogen-bond donors (Lipinski definition) is 0. The van der Waals surface area contributed by atoms with Gasteiger partial charge in [0, 0.05) is 12.0 Å². The van der Waals surface area contributed by atoms with Gasteiger partial charge >= 0.3 is 0 Å². The summed E-state index contributed by atoms with van der Waals surface area (Å²) in [5, 5.41) is 0. The zero-order valence-corrected chi connectivity index (χ0v) is 17.5. The third-order valence-corrected chi connectivity index (χ3v) is 7.32. The van der Waals surface area contributed by atoms with E-state index >= 15 is 0 Å². The molecule has 2 aromatic rings. The fraction of sp³-hybridized carbons (Fsp3) is 0.409. The maximum Gasteiger partial charge on any atom is 0.167 e. The summed E-state index contributed by atoms with van der Waals surface area (Å²) in [7, 11) is -3.26. The Balaban J connectivity index is 1.69. The zero-order chi connectivity index (χ0) is 20.5. The fourth-order valence-electron chi connectivity index (χ4n) is 2.84. The summed E-state index contributed by atoms with van der Waals surface area (Å²) >= 11 is 0. The highest BCUT2D eigenvalue weighted by Crippen LogP contribution is 2.32. The molecule has 0 saturated heterocycles. The molecule has 0 aromatic heterocycles. The van der Waals surface area contributed by atoms with Crippen LogP contribution in [0.1, 0.15) is 49.2 Å². The van der Waals surface area contributed by atoms with Crippen LogP contribution in [0.4, 0.5) is 0 Å². The molecule has 6 heteroatoms. The highest BCUT2D eigenvalue weighted by molar-refractivity contribution is 7.91. The number of carbonyl (C=O) groups excluding carboxylic acids is 1. The molecule has 0 fully saturated rings. The van der Waals surface area contributed by atoms with Gasteiger partial charge in [-0.05, 0) is 51.0 Å². The quantitative estimate of drug-likeness (QED) is 0.708. The number of carbonyl (C=O) groups is 1. The normalized spacial score (nSPS) is 16.6. The van der Waals surface area contributed by atoms with E-state index in [1.807, 2.05) is 25.1 Å². The Kier molecular flexibility index (Phi) is 5.53. The Morgan fingerprint density at radius 2 is 1.68 bits per heavy atom. The third kappa shape index (κ3) is 4.55. The molecule has 150 valence electrons. The molecular formula is C22H26O5S. The predicted octanol–water partition coefficient (Wildman–Crippen LogP) is 3.99. The summed E-state index contributed by atoms with van der Waals surface area (Å²) in [5.74, 6) is 1.28. The van der Waals surface area contributed by atoms with E-state index in [1.165, 1.54) is 0 Å². The first-order valence-electron chi connectivity index (χ1n) is 9.32. The fourth-order valence-corrected chi connectivity index (χ4v) is 3.91. The highest BCUT2D eigenvalue weighted by atomic mass is 32.2. The van der Waals surface area contributed by atoms with Crippen LogP contribution in [0, 0.1) is 0 Å². The SMILES string of the molecule is CC1COc2ccc(CC(=O)c3ccc(CS(=O)(=O)C(C)(C)C)cc3)cc2O1. The lowest BCUT2D eigenvalue weighted by Gasteiger charge is -2.24. The van der Waals surface area contributed by atoms with Gasteiger partial charge in [-0.15, -0.1) is 0 Å². The lowest BCUT2D eigenvalue weighted by Crippen LogP contribution is -2.29. The molecule has 1 unspecified atom stereocenters. The molecule has 0 spiro atoms. The van der Waals surface area contributed by atoms with E-state index in [-0.39, 0.29) is 24.1 Å². The number of ketones is 1. The maximum absolute atomic E-state index is 12.6. The predicted molar refractivity (Wildman–Crippen MR) is 109 cm³/mol. The number of hydrogen-bond acceptors (Lipinski definition) is 5. The number of Topliss-reactive ketones (excluding diaryl/α,β-unsaturated/α-hetero) is 1. The van der Waals surface area contributed by atoms with E-state index in [9.17, 15) is 13.2 Å². The second-order valence-electron chi connectivity index (χ2n) is 8.19. The van der Waals surface area contributed by atoms with Crippen molar-refractivity contribution in [3.8, 4) is 11.5 Å². The van der Waals surface area contributed by atoms with Gasteiger partial charge in [-0.25, -0.2) is 8.42 Å². The van der Waals surface area contributed by atoms with Crippen molar-refractivity contribution in [1.82, 2.24) is 0 Å². The van der Waals surface area contributed by atoms with Gasteiger partial charge in [-0.2, -0.15) is 0 Å². The Hall–Kier alpha value is -2.34. The topological polar surface area (TPSA) is 69.7 Å². The lowest BCUT2D eigenvalue weighted by molar-refractivity contribution is 0.0989. The van der Waals surface area contributed by atoms with Crippen molar-refractivity contribution < 1.29 is 22.7 Å². The van der Waals surface area contributed by atoms with Crippen molar-refractivity contribution in [3.05, 3.63) is 59.2 Å². The van der Waals surface area contributed by atoms with Crippen LogP contribution in [-0.4, -0.2) is 31.7 Å². The van der Waals surface area contributed by atoms with Gasteiger partial charge in [-0.1, -0.05) is 30.3 Å². The summed E-state index contributed by atoms with van der Waals surface area (Å²) in [6.07, 6.45) is 0.223. The molecule has 0 amide bonds. The molecule has 1 heterocycles. The van der Waals surface area contributed by atoms with E-state index < -0.39 is 14.6 Å². The van der Waals surface area contributed by atoms with E-state index in [4.69, 9.17) is 9.47 Å². The Labute approximate surface area is 166 Å². The van der Waals surface area contributed by atoms with Crippen LogP contribution in [0.25, 0.3) is 0 Å². The van der Waals surface area contributed by atoms with Gasteiger partial charge in [-0.3, -0.25) is 4.79 Å². The van der Waals surface area contributed by atoms with Gasteiger partial charge in [0.05, 0.1) is 10.5 Å². The van der Waals surface area contributed by atoms with Crippen LogP contribution < -0.4 is 9.47 Å². The zero-order valence-electron chi connectivity index (χ0n) is 16.7. The maximum atomic E-state index is 12.6. The van der Waals surface area contributed by atoms with Gasteiger partial charge in [0.2, 0.25) is 0 Å². The van der Waals surface area contributed by atoms with Crippen LogP contribution in [0.5, 0.6) is 11.5 Å². The summed E-state index contributed by atoms with van der Waals surface area (Å²) in [6, 6.07) is 12.3. The van der Waals surface area contributed by atoms with Gasteiger partial charge in [0.25, 0.3) is 0 Å². The van der Waals surface area contributed by atoms with Crippen LogP contribution in [0.15, 0.2) is 42.5 Å². The van der Waals surface area contributed by atoms with Crippen LogP contribution in [0.2, 0.25) is 0 Å². The Morgan fingerprint density at radius 3 is 2.32 bits per heavy atom. The number of ether oxygens (including phenoxy) is 2. The van der Waals surface area contributed by atoms with Gasteiger partial charge in [0.1, 0.15) is 12.7 Å². The first-order chi connectivity index (χ1) is 13.0. The smallest absolute Gasteiger partial charge is 0.167 e. The molecule has 28 heavy (non-hydrogen) atoms. The molecule has 0 saturated carbocycles. The molecule has 0 N–H and O–H groups in total. The standard InChI is InChI=1S/C22H26O5S/c1-15-13-26-20-10-7-17(12-21(20)27-15)11-19(23)18-8-5-16(6-9-18)14-28(24,25)22(2,3)4/h5-10,12,15H,11,13-14H2,1-4H3. The van der Waals surface area contributed by atoms with Crippen molar-refractivity contribution >= 4 is 15.6 Å². The monoisotopic (exact) mass is 402 g/mol. The minimum atomic E-state index is -3.26. The summed E-state index contributed by atoms with van der Waals surface area (Å²) < 4.78 is 35.2. The minimum absolute atomic E-state index is 0.0182. The van der Waals surface area contributed by atoms with Crippen LogP contribution >= 0.6 is 0 Å². The summed E-state index contributed by atoms with van der Waals surface area (Å²) in [6.45, 7) is 7.52. The largest absolute Gasteiger partial charge is 0.486 e. The molecule has 3 rings (SSSR count). The number of sulfone groups is 1. The molecule has 1 atom stereocenters. The minimum Gasteiger partial charge on any atom is -0.486 e. The second kappa shape index (κ2) is 7.59. The number of fused-ring (bicyclic) bond motifs is 1. The van der Waals surface area contributed by atoms with Crippen molar-refractivity contribution in [3.63, 3.8) is 0 Å². The molecule has 1 aliphatic rings. The summed E-state index contributed by atoms with van der Waals surface area (Å²) in [5.41, 5.74) is 2.08. The lowest BCUT2D eigenvalue weighted by atomic mass is 10.0. The first-order valence-corrected chi connectivity index (χ1v) is 11.0. The molecular weight excluding hydrogens is 376 g/mol. The van der Waals surface area contributed by atoms with E-state index in [0.717, 1.165) is 5.56 Å². The second-order valence-corrected chi connectivity index (χ2v) is 10.9. The van der Waals surface area contributed by atoms with E-state index in [2.05, 4.69) is 0 Å². The number of benzene rings is 2. The van der Waals surface area contributed by atoms with Crippen molar-refractivity contribution in [2.75, 3.05) is 6.61 Å². The molecule has 1 aliphatic heterocycles. The first kappa shape index (κ1) is 20.4. The average Bonchev–Trinajstić information content (AvgIpc) is 2.60.